The molecular weight excluding hydrogens is 392 g/mol. The van der Waals surface area contributed by atoms with Gasteiger partial charge in [-0.1, -0.05) is 72.3 Å². The number of carbonyl (C=O) groups excluding carboxylic acids is 1. The van der Waals surface area contributed by atoms with Crippen LogP contribution in [0.15, 0.2) is 83.8 Å². The summed E-state index contributed by atoms with van der Waals surface area (Å²) >= 11 is 0. The smallest absolute Gasteiger partial charge is 0.294 e. The number of benzene rings is 3. The maximum absolute atomic E-state index is 12.2. The summed E-state index contributed by atoms with van der Waals surface area (Å²) in [6.07, 6.45) is -1.20. The van der Waals surface area contributed by atoms with E-state index in [1.165, 1.54) is 12.1 Å². The van der Waals surface area contributed by atoms with Gasteiger partial charge in [-0.3, -0.25) is 9.35 Å². The van der Waals surface area contributed by atoms with Crippen LogP contribution in [0, 0.1) is 6.92 Å². The molecule has 0 spiro atoms. The predicted molar refractivity (Wildman–Crippen MR) is 109 cm³/mol. The summed E-state index contributed by atoms with van der Waals surface area (Å²) in [7, 11) is -4.02. The molecule has 0 heterocycles. The summed E-state index contributed by atoms with van der Waals surface area (Å²) < 4.78 is 29.6. The van der Waals surface area contributed by atoms with Crippen molar-refractivity contribution < 1.29 is 28.0 Å². The van der Waals surface area contributed by atoms with E-state index in [0.29, 0.717) is 16.7 Å². The van der Waals surface area contributed by atoms with Crippen LogP contribution in [0.3, 0.4) is 0 Å². The quantitative estimate of drug-likeness (QED) is 0.436. The fourth-order valence-electron chi connectivity index (χ4n) is 2.54. The average molecular weight is 414 g/mol. The third-order valence-corrected chi connectivity index (χ3v) is 5.00. The van der Waals surface area contributed by atoms with E-state index >= 15 is 0 Å². The molecule has 0 amide bonds. The van der Waals surface area contributed by atoms with Gasteiger partial charge in [0.25, 0.3) is 10.1 Å². The summed E-state index contributed by atoms with van der Waals surface area (Å²) in [6, 6.07) is 21.5. The highest BCUT2D eigenvalue weighted by Crippen LogP contribution is 2.20. The van der Waals surface area contributed by atoms with Crippen LogP contribution in [-0.2, 0) is 16.7 Å². The second-order valence-electron chi connectivity index (χ2n) is 6.28. The first kappa shape index (κ1) is 22.4. The first-order valence-corrected chi connectivity index (χ1v) is 10.2. The van der Waals surface area contributed by atoms with Crippen molar-refractivity contribution in [2.24, 2.45) is 0 Å². The van der Waals surface area contributed by atoms with E-state index in [1.807, 2.05) is 13.0 Å². The average Bonchev–Trinajstić information content (AvgIpc) is 2.73. The number of aliphatic hydroxyl groups excluding tert-OH is 2. The van der Waals surface area contributed by atoms with Crippen LogP contribution in [0.25, 0.3) is 0 Å². The molecule has 1 unspecified atom stereocenters. The van der Waals surface area contributed by atoms with E-state index in [0.717, 1.165) is 5.56 Å². The number of Topliss-reactive ketones (excluding diaryl/α,β-unsaturated/α-hetero) is 1. The number of hydrogen-bond donors (Lipinski definition) is 3. The van der Waals surface area contributed by atoms with E-state index in [1.54, 1.807) is 60.7 Å². The Labute approximate surface area is 169 Å². The highest BCUT2D eigenvalue weighted by atomic mass is 32.2. The molecule has 1 atom stereocenters. The van der Waals surface area contributed by atoms with Crippen LogP contribution in [0.5, 0.6) is 0 Å². The topological polar surface area (TPSA) is 112 Å². The molecule has 0 radical (unpaired) electrons. The predicted octanol–water partition coefficient (Wildman–Crippen LogP) is 3.34. The fraction of sp³-hybridized carbons (Fsp3) is 0.136. The maximum atomic E-state index is 12.2. The lowest BCUT2D eigenvalue weighted by molar-refractivity contribution is 0.0744. The van der Waals surface area contributed by atoms with Gasteiger partial charge in [0.2, 0.25) is 0 Å². The van der Waals surface area contributed by atoms with Gasteiger partial charge >= 0.3 is 0 Å². The Balaban J connectivity index is 0.000000234. The van der Waals surface area contributed by atoms with Crippen molar-refractivity contribution in [3.63, 3.8) is 0 Å². The third-order valence-electron chi connectivity index (χ3n) is 4.14. The van der Waals surface area contributed by atoms with Crippen LogP contribution < -0.4 is 0 Å². The largest absolute Gasteiger partial charge is 0.392 e. The summed E-state index contributed by atoms with van der Waals surface area (Å²) in [5.74, 6) is -0.397. The zero-order valence-electron chi connectivity index (χ0n) is 15.8. The summed E-state index contributed by atoms with van der Waals surface area (Å²) in [5.41, 5.74) is 2.39. The Hall–Kier alpha value is -2.84. The molecule has 3 rings (SSSR count). The van der Waals surface area contributed by atoms with Crippen LogP contribution in [0.2, 0.25) is 0 Å². The summed E-state index contributed by atoms with van der Waals surface area (Å²) in [4.78, 5) is 12.1. The van der Waals surface area contributed by atoms with Crippen LogP contribution >= 0.6 is 0 Å². The molecule has 152 valence electrons. The van der Waals surface area contributed by atoms with Crippen molar-refractivity contribution in [2.45, 2.75) is 24.5 Å². The molecular formula is C22H22O6S. The lowest BCUT2D eigenvalue weighted by Crippen LogP contribution is -2.14. The molecule has 0 bridgehead atoms. The minimum absolute atomic E-state index is 0.0666. The van der Waals surface area contributed by atoms with Gasteiger partial charge in [0, 0.05) is 5.56 Å². The van der Waals surface area contributed by atoms with Crippen molar-refractivity contribution >= 4 is 15.9 Å². The second-order valence-corrected chi connectivity index (χ2v) is 7.70. The van der Waals surface area contributed by atoms with Crippen molar-refractivity contribution in [1.29, 1.82) is 0 Å². The number of hydrogen-bond acceptors (Lipinski definition) is 5. The highest BCUT2D eigenvalue weighted by molar-refractivity contribution is 7.85. The molecule has 3 aromatic carbocycles. The Morgan fingerprint density at radius 2 is 1.45 bits per heavy atom. The van der Waals surface area contributed by atoms with Gasteiger partial charge in [-0.2, -0.15) is 8.42 Å². The molecule has 0 aliphatic carbocycles. The van der Waals surface area contributed by atoms with Gasteiger partial charge in [0.1, 0.15) is 6.10 Å². The Morgan fingerprint density at radius 1 is 0.897 bits per heavy atom. The minimum Gasteiger partial charge on any atom is -0.392 e. The van der Waals surface area contributed by atoms with Crippen molar-refractivity contribution in [3.05, 3.63) is 101 Å². The molecule has 0 aliphatic rings. The van der Waals surface area contributed by atoms with E-state index < -0.39 is 22.0 Å². The molecule has 0 aliphatic heterocycles. The molecule has 29 heavy (non-hydrogen) atoms. The standard InChI is InChI=1S/C15H14O3.C7H8O3S/c16-10-12-8-4-5-9-13(12)15(18)14(17)11-6-2-1-3-7-11;1-6-2-4-7(5-3-6)11(8,9)10/h1-9,14,16-17H,10H2;2-5H,1H3,(H,8,9,10). The van der Waals surface area contributed by atoms with Crippen LogP contribution in [0.1, 0.15) is 33.2 Å². The van der Waals surface area contributed by atoms with Crippen molar-refractivity contribution in [2.75, 3.05) is 0 Å². The number of aryl methyl sites for hydroxylation is 1. The molecule has 0 fully saturated rings. The fourth-order valence-corrected chi connectivity index (χ4v) is 3.02. The number of ketones is 1. The highest BCUT2D eigenvalue weighted by Gasteiger charge is 2.20. The van der Waals surface area contributed by atoms with E-state index in [2.05, 4.69) is 0 Å². The van der Waals surface area contributed by atoms with Gasteiger partial charge in [-0.25, -0.2) is 0 Å². The number of aliphatic hydroxyl groups is 2. The molecule has 0 saturated heterocycles. The van der Waals surface area contributed by atoms with Gasteiger partial charge in [0.05, 0.1) is 11.5 Å². The second kappa shape index (κ2) is 10.1. The third kappa shape index (κ3) is 6.33. The van der Waals surface area contributed by atoms with Gasteiger partial charge in [-0.05, 0) is 30.2 Å². The van der Waals surface area contributed by atoms with E-state index in [-0.39, 0.29) is 11.5 Å². The number of rotatable bonds is 5. The summed E-state index contributed by atoms with van der Waals surface area (Å²) in [6.45, 7) is 1.62. The first-order valence-electron chi connectivity index (χ1n) is 8.74. The normalized spacial score (nSPS) is 11.9. The molecule has 3 aromatic rings. The van der Waals surface area contributed by atoms with Crippen molar-refractivity contribution in [3.8, 4) is 0 Å². The Kier molecular flexibility index (Phi) is 7.81. The molecule has 6 nitrogen and oxygen atoms in total. The lowest BCUT2D eigenvalue weighted by atomic mass is 9.96. The van der Waals surface area contributed by atoms with E-state index in [4.69, 9.17) is 4.55 Å². The Morgan fingerprint density at radius 3 is 2.00 bits per heavy atom. The van der Waals surface area contributed by atoms with E-state index in [9.17, 15) is 23.4 Å². The summed E-state index contributed by atoms with van der Waals surface area (Å²) in [5, 5.41) is 19.2. The molecule has 0 aromatic heterocycles. The molecule has 3 N–H and O–H groups in total. The zero-order chi connectivity index (χ0) is 21.4. The first-order chi connectivity index (χ1) is 13.7. The van der Waals surface area contributed by atoms with Crippen LogP contribution in [0.4, 0.5) is 0 Å². The molecule has 0 saturated carbocycles. The molecule has 7 heteroatoms. The van der Waals surface area contributed by atoms with Crippen molar-refractivity contribution in [1.82, 2.24) is 0 Å². The minimum atomic E-state index is -4.02. The van der Waals surface area contributed by atoms with Gasteiger partial charge in [0.15, 0.2) is 5.78 Å². The number of carbonyl (C=O) groups is 1. The zero-order valence-corrected chi connectivity index (χ0v) is 16.6. The van der Waals surface area contributed by atoms with Gasteiger partial charge in [-0.15, -0.1) is 0 Å². The SMILES string of the molecule is Cc1ccc(S(=O)(=O)O)cc1.O=C(c1ccccc1CO)C(O)c1ccccc1. The van der Waals surface area contributed by atoms with Gasteiger partial charge < -0.3 is 10.2 Å². The monoisotopic (exact) mass is 414 g/mol. The Bertz CT molecular complexity index is 1040. The maximum Gasteiger partial charge on any atom is 0.294 e. The lowest BCUT2D eigenvalue weighted by Gasteiger charge is -2.12. The van der Waals surface area contributed by atoms with Crippen LogP contribution in [-0.4, -0.2) is 29.0 Å².